The molecule has 0 fully saturated rings. The third-order valence-electron chi connectivity index (χ3n) is 4.49. The number of amidine groups is 1. The minimum absolute atomic E-state index is 0. The molecule has 0 spiro atoms. The highest BCUT2D eigenvalue weighted by Gasteiger charge is 2.28. The standard InChI is InChI=1S/C20H26F2N2.C2H6.H2O.2H2/c1-5-8-20(4)11-15-9-14(12-23-19(15)24-13-20)10-16(17(21)6-2)18(22)7-3;1-2;;;/h6-7,11-12H,2,5,8-10,13H2,1,3-4H3,(H,23,24);1-2H3;1H2;2*1H/b17-16+,18-7+;;;;. The second-order valence-corrected chi connectivity index (χ2v) is 6.71. The second kappa shape index (κ2) is 11.7. The SMILES string of the molecule is C=C/C(F)=C(CC1=CNC2=NCC(C)(CCC)C=C2C1)\C(F)=C/C.CC.O.[HH].[HH]. The topological polar surface area (TPSA) is 55.9 Å². The van der Waals surface area contributed by atoms with Crippen molar-refractivity contribution in [2.75, 3.05) is 6.54 Å². The van der Waals surface area contributed by atoms with E-state index in [1.807, 2.05) is 20.0 Å². The fraction of sp³-hybridized carbons (Fsp3) is 0.500. The van der Waals surface area contributed by atoms with Crippen LogP contribution in [-0.4, -0.2) is 17.9 Å². The smallest absolute Gasteiger partial charge is 0.129 e. The first-order valence-electron chi connectivity index (χ1n) is 9.46. The quantitative estimate of drug-likeness (QED) is 0.531. The number of nitrogens with zero attached hydrogens (tertiary/aromatic N) is 1. The van der Waals surface area contributed by atoms with Gasteiger partial charge in [-0.1, -0.05) is 52.8 Å². The lowest BCUT2D eigenvalue weighted by Gasteiger charge is -2.32. The molecule has 0 saturated carbocycles. The van der Waals surface area contributed by atoms with Crippen LogP contribution in [0.5, 0.6) is 0 Å². The molecule has 0 amide bonds. The highest BCUT2D eigenvalue weighted by molar-refractivity contribution is 6.01. The van der Waals surface area contributed by atoms with E-state index in [4.69, 9.17) is 0 Å². The molecule has 0 aromatic heterocycles. The molecular formula is C22H38F2N2O. The summed E-state index contributed by atoms with van der Waals surface area (Å²) >= 11 is 0. The maximum atomic E-state index is 14.0. The minimum Gasteiger partial charge on any atom is -0.412 e. The van der Waals surface area contributed by atoms with Gasteiger partial charge in [-0.25, -0.2) is 8.78 Å². The van der Waals surface area contributed by atoms with Crippen molar-refractivity contribution < 1.29 is 17.1 Å². The van der Waals surface area contributed by atoms with Crippen LogP contribution >= 0.6 is 0 Å². The van der Waals surface area contributed by atoms with Crippen LogP contribution < -0.4 is 5.32 Å². The number of halogens is 2. The van der Waals surface area contributed by atoms with E-state index in [1.165, 1.54) is 6.08 Å². The van der Waals surface area contributed by atoms with Crippen molar-refractivity contribution in [1.29, 1.82) is 0 Å². The van der Waals surface area contributed by atoms with E-state index >= 15 is 0 Å². The first-order chi connectivity index (χ1) is 12.4. The Morgan fingerprint density at radius 3 is 2.63 bits per heavy atom. The van der Waals surface area contributed by atoms with Crippen LogP contribution in [0.25, 0.3) is 0 Å². The Bertz CT molecular complexity index is 682. The van der Waals surface area contributed by atoms with Gasteiger partial charge >= 0.3 is 0 Å². The molecule has 1 atom stereocenters. The highest BCUT2D eigenvalue weighted by atomic mass is 19.1. The maximum Gasteiger partial charge on any atom is 0.129 e. The third kappa shape index (κ3) is 6.58. The van der Waals surface area contributed by atoms with Crippen molar-refractivity contribution in [3.8, 4) is 0 Å². The van der Waals surface area contributed by atoms with Crippen LogP contribution in [0.4, 0.5) is 8.78 Å². The van der Waals surface area contributed by atoms with Gasteiger partial charge in [0.25, 0.3) is 0 Å². The molecule has 0 saturated heterocycles. The molecule has 3 nitrogen and oxygen atoms in total. The van der Waals surface area contributed by atoms with Gasteiger partial charge in [-0.2, -0.15) is 0 Å². The molecule has 3 N–H and O–H groups in total. The van der Waals surface area contributed by atoms with Crippen LogP contribution in [0.15, 0.2) is 64.4 Å². The molecule has 0 radical (unpaired) electrons. The fourth-order valence-electron chi connectivity index (χ4n) is 3.28. The zero-order valence-corrected chi connectivity index (χ0v) is 17.3. The van der Waals surface area contributed by atoms with Crippen molar-refractivity contribution in [2.24, 2.45) is 10.4 Å². The number of fused-ring (bicyclic) bond motifs is 1. The number of rotatable bonds is 6. The summed E-state index contributed by atoms with van der Waals surface area (Å²) in [5, 5.41) is 3.18. The Morgan fingerprint density at radius 2 is 2.07 bits per heavy atom. The van der Waals surface area contributed by atoms with Crippen LogP contribution in [0, 0.1) is 5.41 Å². The Labute approximate surface area is 165 Å². The van der Waals surface area contributed by atoms with Crippen LogP contribution in [0.3, 0.4) is 0 Å². The summed E-state index contributed by atoms with van der Waals surface area (Å²) in [6, 6.07) is 0. The number of nitrogens with one attached hydrogen (secondary N) is 1. The van der Waals surface area contributed by atoms with E-state index in [0.29, 0.717) is 6.42 Å². The maximum absolute atomic E-state index is 14.0. The molecule has 156 valence electrons. The first kappa shape index (κ1) is 25.0. The summed E-state index contributed by atoms with van der Waals surface area (Å²) in [7, 11) is 0. The van der Waals surface area contributed by atoms with Gasteiger partial charge < -0.3 is 10.8 Å². The molecule has 2 rings (SSSR count). The van der Waals surface area contributed by atoms with E-state index < -0.39 is 11.7 Å². The van der Waals surface area contributed by atoms with E-state index in [1.54, 1.807) is 6.92 Å². The number of dihydropyridines is 1. The third-order valence-corrected chi connectivity index (χ3v) is 4.49. The van der Waals surface area contributed by atoms with Gasteiger partial charge in [0.2, 0.25) is 0 Å². The summed E-state index contributed by atoms with van der Waals surface area (Å²) in [6.45, 7) is 14.1. The monoisotopic (exact) mass is 384 g/mol. The van der Waals surface area contributed by atoms with E-state index in [0.717, 1.165) is 42.4 Å². The second-order valence-electron chi connectivity index (χ2n) is 6.71. The minimum atomic E-state index is -0.612. The lowest BCUT2D eigenvalue weighted by Crippen LogP contribution is -2.33. The predicted octanol–water partition coefficient (Wildman–Crippen LogP) is 6.38. The number of allylic oxidation sites excluding steroid dienone is 6. The number of aliphatic imine (C=N–C) groups is 1. The number of hydrogen-bond acceptors (Lipinski definition) is 2. The normalized spacial score (nSPS) is 22.3. The predicted molar refractivity (Wildman–Crippen MR) is 116 cm³/mol. The first-order valence-corrected chi connectivity index (χ1v) is 9.46. The lowest BCUT2D eigenvalue weighted by molar-refractivity contribution is 0.392. The average molecular weight is 385 g/mol. The molecule has 2 heterocycles. The Hall–Kier alpha value is -2.01. The van der Waals surface area contributed by atoms with Crippen molar-refractivity contribution in [2.45, 2.75) is 60.3 Å². The van der Waals surface area contributed by atoms with Gasteiger partial charge in [0, 0.05) is 26.5 Å². The van der Waals surface area contributed by atoms with Crippen molar-refractivity contribution in [3.05, 3.63) is 59.4 Å². The van der Waals surface area contributed by atoms with Crippen LogP contribution in [0.2, 0.25) is 0 Å². The highest BCUT2D eigenvalue weighted by Crippen LogP contribution is 2.35. The van der Waals surface area contributed by atoms with Crippen LogP contribution in [-0.2, 0) is 0 Å². The van der Waals surface area contributed by atoms with E-state index in [2.05, 4.69) is 36.8 Å². The van der Waals surface area contributed by atoms with Crippen LogP contribution in [0.1, 0.15) is 63.2 Å². The summed E-state index contributed by atoms with van der Waals surface area (Å²) in [4.78, 5) is 4.64. The zero-order chi connectivity index (χ0) is 19.7. The molecule has 0 aromatic carbocycles. The molecular weight excluding hydrogens is 346 g/mol. The van der Waals surface area contributed by atoms with Gasteiger partial charge in [-0.3, -0.25) is 4.99 Å². The largest absolute Gasteiger partial charge is 0.412 e. The van der Waals surface area contributed by atoms with E-state index in [9.17, 15) is 8.78 Å². The fourth-order valence-corrected chi connectivity index (χ4v) is 3.28. The average Bonchev–Trinajstić information content (AvgIpc) is 2.66. The van der Waals surface area contributed by atoms with Gasteiger partial charge in [0.15, 0.2) is 0 Å². The molecule has 5 heteroatoms. The zero-order valence-electron chi connectivity index (χ0n) is 17.3. The summed E-state index contributed by atoms with van der Waals surface area (Å²) in [5.74, 6) is -0.269. The van der Waals surface area contributed by atoms with Crippen molar-refractivity contribution in [3.63, 3.8) is 0 Å². The Morgan fingerprint density at radius 1 is 1.41 bits per heavy atom. The van der Waals surface area contributed by atoms with Gasteiger partial charge in [-0.15, -0.1) is 0 Å². The van der Waals surface area contributed by atoms with Crippen molar-refractivity contribution in [1.82, 2.24) is 5.32 Å². The molecule has 2 aliphatic rings. The van der Waals surface area contributed by atoms with E-state index in [-0.39, 0.29) is 25.7 Å². The number of hydrogen-bond donors (Lipinski definition) is 1. The molecule has 2 aliphatic heterocycles. The summed E-state index contributed by atoms with van der Waals surface area (Å²) < 4.78 is 27.9. The molecule has 0 aliphatic carbocycles. The summed E-state index contributed by atoms with van der Waals surface area (Å²) in [5.41, 5.74) is 2.17. The van der Waals surface area contributed by atoms with Crippen molar-refractivity contribution >= 4 is 5.84 Å². The molecule has 0 bridgehead atoms. The molecule has 1 unspecified atom stereocenters. The lowest BCUT2D eigenvalue weighted by atomic mass is 9.80. The Balaban J connectivity index is -0.00000131. The van der Waals surface area contributed by atoms with Gasteiger partial charge in [0.1, 0.15) is 17.5 Å². The summed E-state index contributed by atoms with van der Waals surface area (Å²) in [6.07, 6.45) is 9.49. The Kier molecular flexibility index (Phi) is 10.8. The molecule has 0 aromatic rings. The molecule has 27 heavy (non-hydrogen) atoms. The van der Waals surface area contributed by atoms with Gasteiger partial charge in [-0.05, 0) is 37.0 Å². The van der Waals surface area contributed by atoms with Gasteiger partial charge in [0.05, 0.1) is 6.54 Å².